The fraction of sp³-hybridized carbons (Fsp3) is 0.407. The first-order chi connectivity index (χ1) is 17.3. The van der Waals surface area contributed by atoms with Crippen molar-refractivity contribution in [1.82, 2.24) is 14.9 Å². The fourth-order valence-corrected chi connectivity index (χ4v) is 6.45. The van der Waals surface area contributed by atoms with Crippen molar-refractivity contribution >= 4 is 21.6 Å². The van der Waals surface area contributed by atoms with E-state index in [1.807, 2.05) is 6.20 Å². The summed E-state index contributed by atoms with van der Waals surface area (Å²) in [6.07, 6.45) is 8.94. The van der Waals surface area contributed by atoms with Crippen LogP contribution in [-0.2, 0) is 21.8 Å². The molecule has 1 aliphatic carbocycles. The van der Waals surface area contributed by atoms with Crippen LogP contribution in [-0.4, -0.2) is 43.3 Å². The van der Waals surface area contributed by atoms with E-state index in [9.17, 15) is 17.6 Å². The SMILES string of the molecule is CS(=O)(=O)c1ccc(-c2ccc(F)cc2N2C(=O)n3cc(CC4CCC4)nc3C23CCNCC3)cc1. The van der Waals surface area contributed by atoms with Crippen LogP contribution >= 0.6 is 0 Å². The maximum Gasteiger partial charge on any atom is 0.335 e. The molecule has 1 saturated carbocycles. The molecule has 2 aromatic carbocycles. The summed E-state index contributed by atoms with van der Waals surface area (Å²) in [5, 5.41) is 3.38. The number of benzene rings is 2. The van der Waals surface area contributed by atoms with E-state index in [0.717, 1.165) is 37.3 Å². The van der Waals surface area contributed by atoms with Gasteiger partial charge in [-0.05, 0) is 74.2 Å². The molecule has 3 aliphatic rings. The number of piperidine rings is 1. The Morgan fingerprint density at radius 1 is 1.11 bits per heavy atom. The minimum absolute atomic E-state index is 0.209. The van der Waals surface area contributed by atoms with E-state index >= 15 is 0 Å². The van der Waals surface area contributed by atoms with Gasteiger partial charge in [-0.2, -0.15) is 0 Å². The molecule has 2 fully saturated rings. The highest BCUT2D eigenvalue weighted by molar-refractivity contribution is 7.90. The van der Waals surface area contributed by atoms with E-state index in [2.05, 4.69) is 5.32 Å². The number of fused-ring (bicyclic) bond motifs is 2. The number of rotatable bonds is 5. The number of imidazole rings is 1. The average molecular weight is 509 g/mol. The molecule has 1 spiro atoms. The highest BCUT2D eigenvalue weighted by Gasteiger charge is 2.53. The number of nitrogens with one attached hydrogen (secondary N) is 1. The molecular weight excluding hydrogens is 479 g/mol. The van der Waals surface area contributed by atoms with Crippen molar-refractivity contribution in [2.24, 2.45) is 5.92 Å². The molecule has 3 aromatic rings. The molecule has 188 valence electrons. The van der Waals surface area contributed by atoms with Crippen molar-refractivity contribution in [2.45, 2.75) is 49.0 Å². The van der Waals surface area contributed by atoms with Crippen molar-refractivity contribution in [3.8, 4) is 11.1 Å². The predicted octanol–water partition coefficient (Wildman–Crippen LogP) is 4.50. The Morgan fingerprint density at radius 3 is 2.47 bits per heavy atom. The van der Waals surface area contributed by atoms with Crippen LogP contribution in [0.15, 0.2) is 53.6 Å². The third-order valence-electron chi connectivity index (χ3n) is 7.94. The molecule has 3 heterocycles. The van der Waals surface area contributed by atoms with E-state index in [-0.39, 0.29) is 10.9 Å². The Kier molecular flexibility index (Phi) is 5.53. The van der Waals surface area contributed by atoms with Gasteiger partial charge in [0.1, 0.15) is 17.2 Å². The molecule has 0 radical (unpaired) electrons. The van der Waals surface area contributed by atoms with Crippen LogP contribution in [0.3, 0.4) is 0 Å². The number of amides is 1. The van der Waals surface area contributed by atoms with Crippen LogP contribution in [0.2, 0.25) is 0 Å². The van der Waals surface area contributed by atoms with Gasteiger partial charge in [0, 0.05) is 18.0 Å². The van der Waals surface area contributed by atoms with Gasteiger partial charge < -0.3 is 5.32 Å². The normalized spacial score (nSPS) is 19.5. The third kappa shape index (κ3) is 3.76. The van der Waals surface area contributed by atoms with Gasteiger partial charge in [0.15, 0.2) is 9.84 Å². The lowest BCUT2D eigenvalue weighted by molar-refractivity contribution is 0.242. The maximum absolute atomic E-state index is 14.7. The lowest BCUT2D eigenvalue weighted by atomic mass is 9.82. The Bertz CT molecular complexity index is 1440. The second-order valence-corrected chi connectivity index (χ2v) is 12.3. The number of anilines is 1. The molecule has 2 aliphatic heterocycles. The second kappa shape index (κ2) is 8.52. The molecule has 9 heteroatoms. The lowest BCUT2D eigenvalue weighted by Crippen LogP contribution is -2.51. The number of aromatic nitrogens is 2. The van der Waals surface area contributed by atoms with Crippen LogP contribution in [0.4, 0.5) is 14.9 Å². The van der Waals surface area contributed by atoms with Gasteiger partial charge in [0.2, 0.25) is 0 Å². The van der Waals surface area contributed by atoms with Crippen LogP contribution in [0, 0.1) is 11.7 Å². The van der Waals surface area contributed by atoms with Gasteiger partial charge in [-0.15, -0.1) is 0 Å². The van der Waals surface area contributed by atoms with Crippen LogP contribution < -0.4 is 10.2 Å². The summed E-state index contributed by atoms with van der Waals surface area (Å²) in [5.41, 5.74) is 2.14. The molecule has 1 saturated heterocycles. The standard InChI is InChI=1S/C27H29FN4O3S/c1-36(34,35)22-8-5-19(6-9-22)23-10-7-20(28)16-24(23)32-26(33)31-17-21(15-18-3-2-4-18)30-25(31)27(32)11-13-29-14-12-27/h5-10,16-18,29H,2-4,11-15H2,1H3. The zero-order valence-electron chi connectivity index (χ0n) is 20.2. The summed E-state index contributed by atoms with van der Waals surface area (Å²) in [7, 11) is -3.35. The van der Waals surface area contributed by atoms with Crippen LogP contribution in [0.5, 0.6) is 0 Å². The van der Waals surface area contributed by atoms with Gasteiger partial charge in [-0.25, -0.2) is 22.6 Å². The minimum atomic E-state index is -3.35. The fourth-order valence-electron chi connectivity index (χ4n) is 5.82. The van der Waals surface area contributed by atoms with Gasteiger partial charge in [-0.1, -0.05) is 31.4 Å². The zero-order valence-corrected chi connectivity index (χ0v) is 21.0. The summed E-state index contributed by atoms with van der Waals surface area (Å²) in [4.78, 5) is 20.9. The summed E-state index contributed by atoms with van der Waals surface area (Å²) in [5.74, 6) is 0.945. The van der Waals surface area contributed by atoms with Crippen molar-refractivity contribution in [1.29, 1.82) is 0 Å². The molecular formula is C27H29FN4O3S. The van der Waals surface area contributed by atoms with Gasteiger partial charge >= 0.3 is 6.03 Å². The van der Waals surface area contributed by atoms with Crippen LogP contribution in [0.25, 0.3) is 11.1 Å². The average Bonchev–Trinajstić information content (AvgIpc) is 3.34. The smallest absolute Gasteiger partial charge is 0.317 e. The monoisotopic (exact) mass is 508 g/mol. The largest absolute Gasteiger partial charge is 0.335 e. The Balaban J connectivity index is 1.46. The lowest BCUT2D eigenvalue weighted by Gasteiger charge is -2.41. The Labute approximate surface area is 210 Å². The number of hydrogen-bond acceptors (Lipinski definition) is 5. The molecule has 7 nitrogen and oxygen atoms in total. The number of carbonyl (C=O) groups excluding carboxylic acids is 1. The Morgan fingerprint density at radius 2 is 1.83 bits per heavy atom. The van der Waals surface area contributed by atoms with Gasteiger partial charge in [0.25, 0.3) is 0 Å². The van der Waals surface area contributed by atoms with E-state index < -0.39 is 21.2 Å². The van der Waals surface area contributed by atoms with E-state index in [1.54, 1.807) is 39.8 Å². The molecule has 1 aromatic heterocycles. The molecule has 0 atom stereocenters. The van der Waals surface area contributed by atoms with Crippen molar-refractivity contribution < 1.29 is 17.6 Å². The summed E-state index contributed by atoms with van der Waals surface area (Å²) in [6.45, 7) is 1.45. The molecule has 6 rings (SSSR count). The minimum Gasteiger partial charge on any atom is -0.317 e. The van der Waals surface area contributed by atoms with Gasteiger partial charge in [-0.3, -0.25) is 9.47 Å². The van der Waals surface area contributed by atoms with Gasteiger partial charge in [0.05, 0.1) is 16.3 Å². The first-order valence-corrected chi connectivity index (χ1v) is 14.4. The van der Waals surface area contributed by atoms with Crippen molar-refractivity contribution in [2.75, 3.05) is 24.2 Å². The topological polar surface area (TPSA) is 84.3 Å². The van der Waals surface area contributed by atoms with Crippen molar-refractivity contribution in [3.05, 3.63) is 66.0 Å². The quantitative estimate of drug-likeness (QED) is 0.549. The highest BCUT2D eigenvalue weighted by atomic mass is 32.2. The summed E-state index contributed by atoms with van der Waals surface area (Å²) in [6, 6.07) is 10.7. The molecule has 0 bridgehead atoms. The van der Waals surface area contributed by atoms with Crippen molar-refractivity contribution in [3.63, 3.8) is 0 Å². The first kappa shape index (κ1) is 23.4. The summed E-state index contributed by atoms with van der Waals surface area (Å²) < 4.78 is 40.2. The van der Waals surface area contributed by atoms with E-state index in [4.69, 9.17) is 4.98 Å². The highest BCUT2D eigenvalue weighted by Crippen LogP contribution is 2.48. The summed E-state index contributed by atoms with van der Waals surface area (Å²) >= 11 is 0. The molecule has 1 amide bonds. The number of carbonyl (C=O) groups is 1. The Hall–Kier alpha value is -3.04. The first-order valence-electron chi connectivity index (χ1n) is 12.5. The van der Waals surface area contributed by atoms with E-state index in [1.165, 1.54) is 31.4 Å². The number of halogens is 1. The number of nitrogens with zero attached hydrogens (tertiary/aromatic N) is 3. The third-order valence-corrected chi connectivity index (χ3v) is 9.07. The van der Waals surface area contributed by atoms with E-state index in [0.29, 0.717) is 35.6 Å². The van der Waals surface area contributed by atoms with Crippen LogP contribution in [0.1, 0.15) is 43.6 Å². The second-order valence-electron chi connectivity index (χ2n) is 10.3. The predicted molar refractivity (Wildman–Crippen MR) is 135 cm³/mol. The maximum atomic E-state index is 14.7. The molecule has 36 heavy (non-hydrogen) atoms. The number of sulfone groups is 1. The number of hydrogen-bond donors (Lipinski definition) is 1. The molecule has 0 unspecified atom stereocenters. The zero-order chi connectivity index (χ0) is 25.1. The molecule has 1 N–H and O–H groups in total.